The van der Waals surface area contributed by atoms with Gasteiger partial charge in [-0.2, -0.15) is 4.31 Å². The van der Waals surface area contributed by atoms with Crippen LogP contribution in [0.4, 0.5) is 0 Å². The van der Waals surface area contributed by atoms with Crippen molar-refractivity contribution in [3.05, 3.63) is 23.1 Å². The fourth-order valence-electron chi connectivity index (χ4n) is 1.96. The number of hydrogen-bond acceptors (Lipinski definition) is 3. The van der Waals surface area contributed by atoms with E-state index in [0.29, 0.717) is 18.0 Å². The molecule has 2 rings (SSSR count). The lowest BCUT2D eigenvalue weighted by molar-refractivity contribution is 0.223. The minimum absolute atomic E-state index is 0.475. The van der Waals surface area contributed by atoms with E-state index in [9.17, 15) is 8.42 Å². The highest BCUT2D eigenvalue weighted by Crippen LogP contribution is 2.20. The van der Waals surface area contributed by atoms with Crippen LogP contribution in [0.25, 0.3) is 0 Å². The molecule has 1 fully saturated rings. The number of sulfonamides is 1. The Kier molecular flexibility index (Phi) is 3.47. The highest BCUT2D eigenvalue weighted by Gasteiger charge is 2.28. The lowest BCUT2D eigenvalue weighted by Crippen LogP contribution is -2.47. The van der Waals surface area contributed by atoms with E-state index in [1.165, 1.54) is 0 Å². The van der Waals surface area contributed by atoms with Crippen molar-refractivity contribution < 1.29 is 8.42 Å². The number of piperazine rings is 1. The predicted octanol–water partition coefficient (Wildman–Crippen LogP) is 0.797. The predicted molar refractivity (Wildman–Crippen MR) is 64.4 cm³/mol. The normalized spacial score (nSPS) is 24.4. The minimum Gasteiger partial charge on any atom is -0.304 e. The molecule has 0 aromatic rings. The summed E-state index contributed by atoms with van der Waals surface area (Å²) in [6.07, 6.45) is 7.27. The highest BCUT2D eigenvalue weighted by atomic mass is 32.2. The Bertz CT molecular complexity index is 404. The average Bonchev–Trinajstić information content (AvgIpc) is 2.31. The topological polar surface area (TPSA) is 40.6 Å². The number of nitrogens with zero attached hydrogens (tertiary/aromatic N) is 2. The quantitative estimate of drug-likeness (QED) is 0.719. The Labute approximate surface area is 97.3 Å². The molecule has 4 nitrogen and oxygen atoms in total. The van der Waals surface area contributed by atoms with Crippen LogP contribution in [0.15, 0.2) is 23.1 Å². The second-order valence-corrected chi connectivity index (χ2v) is 6.23. The van der Waals surface area contributed by atoms with Crippen LogP contribution < -0.4 is 0 Å². The monoisotopic (exact) mass is 242 g/mol. The van der Waals surface area contributed by atoms with Crippen molar-refractivity contribution in [1.29, 1.82) is 0 Å². The number of allylic oxidation sites excluding steroid dienone is 3. The Hall–Kier alpha value is -0.650. The minimum atomic E-state index is -3.23. The lowest BCUT2D eigenvalue weighted by atomic mass is 10.2. The van der Waals surface area contributed by atoms with Crippen LogP contribution in [0, 0.1) is 0 Å². The molecule has 0 saturated carbocycles. The van der Waals surface area contributed by atoms with E-state index >= 15 is 0 Å². The van der Waals surface area contributed by atoms with Crippen LogP contribution in [0.2, 0.25) is 0 Å². The first-order valence-corrected chi connectivity index (χ1v) is 7.10. The van der Waals surface area contributed by atoms with Gasteiger partial charge in [-0.1, -0.05) is 12.2 Å². The summed E-state index contributed by atoms with van der Waals surface area (Å²) >= 11 is 0. The van der Waals surface area contributed by atoms with Crippen molar-refractivity contribution in [1.82, 2.24) is 9.21 Å². The van der Waals surface area contributed by atoms with Crippen LogP contribution in [0.5, 0.6) is 0 Å². The van der Waals surface area contributed by atoms with Crippen molar-refractivity contribution in [2.45, 2.75) is 12.8 Å². The second kappa shape index (κ2) is 4.69. The fraction of sp³-hybridized carbons (Fsp3) is 0.636. The Morgan fingerprint density at radius 2 is 1.81 bits per heavy atom. The molecule has 0 spiro atoms. The van der Waals surface area contributed by atoms with E-state index < -0.39 is 10.0 Å². The number of rotatable bonds is 2. The summed E-state index contributed by atoms with van der Waals surface area (Å²) in [7, 11) is -1.21. The zero-order valence-corrected chi connectivity index (χ0v) is 10.4. The van der Waals surface area contributed by atoms with Gasteiger partial charge in [0.2, 0.25) is 10.0 Å². The van der Waals surface area contributed by atoms with Gasteiger partial charge in [0.05, 0.1) is 4.91 Å². The molecule has 1 heterocycles. The van der Waals surface area contributed by atoms with Crippen molar-refractivity contribution >= 4 is 10.0 Å². The molecule has 0 atom stereocenters. The highest BCUT2D eigenvalue weighted by molar-refractivity contribution is 7.93. The standard InChI is InChI=1S/C11H18N2O2S/c1-12-7-9-13(10-8-12)16(14,15)11-5-3-2-4-6-11/h3,5-6H,2,4,7-10H2,1H3. The van der Waals surface area contributed by atoms with Gasteiger partial charge in [0.15, 0.2) is 0 Å². The Balaban J connectivity index is 2.13. The first-order valence-electron chi connectivity index (χ1n) is 5.66. The van der Waals surface area contributed by atoms with Gasteiger partial charge in [-0.05, 0) is 26.0 Å². The second-order valence-electron chi connectivity index (χ2n) is 4.29. The molecule has 90 valence electrons. The molecule has 0 amide bonds. The summed E-state index contributed by atoms with van der Waals surface area (Å²) < 4.78 is 26.1. The summed E-state index contributed by atoms with van der Waals surface area (Å²) in [6, 6.07) is 0. The fourth-order valence-corrected chi connectivity index (χ4v) is 3.50. The maximum atomic E-state index is 12.2. The van der Waals surface area contributed by atoms with E-state index in [0.717, 1.165) is 25.9 Å². The molecule has 0 aromatic carbocycles. The van der Waals surface area contributed by atoms with E-state index in [4.69, 9.17) is 0 Å². The summed E-state index contributed by atoms with van der Waals surface area (Å²) in [4.78, 5) is 2.63. The van der Waals surface area contributed by atoms with Crippen molar-refractivity contribution in [3.8, 4) is 0 Å². The van der Waals surface area contributed by atoms with Gasteiger partial charge in [-0.25, -0.2) is 8.42 Å². The first-order chi connectivity index (χ1) is 7.60. The SMILES string of the molecule is CN1CCN(S(=O)(=O)C2=CCCC=C2)CC1. The summed E-state index contributed by atoms with van der Waals surface area (Å²) in [5, 5.41) is 0. The van der Waals surface area contributed by atoms with Gasteiger partial charge in [-0.3, -0.25) is 0 Å². The molecule has 2 aliphatic rings. The molecule has 1 saturated heterocycles. The van der Waals surface area contributed by atoms with E-state index in [2.05, 4.69) is 4.90 Å². The first kappa shape index (κ1) is 11.8. The number of likely N-dealkylation sites (N-methyl/N-ethyl adjacent to an activating group) is 1. The maximum Gasteiger partial charge on any atom is 0.242 e. The molecule has 0 bridgehead atoms. The molecule has 0 unspecified atom stereocenters. The van der Waals surface area contributed by atoms with Crippen LogP contribution in [0.3, 0.4) is 0 Å². The zero-order valence-electron chi connectivity index (χ0n) is 9.59. The Morgan fingerprint density at radius 3 is 2.38 bits per heavy atom. The van der Waals surface area contributed by atoms with Crippen LogP contribution in [-0.4, -0.2) is 50.8 Å². The van der Waals surface area contributed by atoms with E-state index in [-0.39, 0.29) is 0 Å². The smallest absolute Gasteiger partial charge is 0.242 e. The third kappa shape index (κ3) is 2.36. The summed E-state index contributed by atoms with van der Waals surface area (Å²) in [5.74, 6) is 0. The van der Waals surface area contributed by atoms with Gasteiger partial charge < -0.3 is 4.90 Å². The van der Waals surface area contributed by atoms with E-state index in [1.807, 2.05) is 19.2 Å². The third-order valence-electron chi connectivity index (χ3n) is 3.06. The lowest BCUT2D eigenvalue weighted by Gasteiger charge is -2.32. The van der Waals surface area contributed by atoms with Gasteiger partial charge in [0.25, 0.3) is 0 Å². The molecule has 0 aromatic heterocycles. The van der Waals surface area contributed by atoms with Crippen LogP contribution in [-0.2, 0) is 10.0 Å². The zero-order chi connectivity index (χ0) is 11.6. The molecular weight excluding hydrogens is 224 g/mol. The van der Waals surface area contributed by atoms with E-state index in [1.54, 1.807) is 10.4 Å². The molecule has 5 heteroatoms. The van der Waals surface area contributed by atoms with Gasteiger partial charge in [0.1, 0.15) is 0 Å². The summed E-state index contributed by atoms with van der Waals surface area (Å²) in [5.41, 5.74) is 0. The summed E-state index contributed by atoms with van der Waals surface area (Å²) in [6.45, 7) is 2.83. The Morgan fingerprint density at radius 1 is 1.12 bits per heavy atom. The van der Waals surface area contributed by atoms with Gasteiger partial charge in [0, 0.05) is 26.2 Å². The molecule has 16 heavy (non-hydrogen) atoms. The third-order valence-corrected chi connectivity index (χ3v) is 5.00. The molecule has 1 aliphatic carbocycles. The average molecular weight is 242 g/mol. The van der Waals surface area contributed by atoms with Crippen molar-refractivity contribution in [2.75, 3.05) is 33.2 Å². The molecule has 0 N–H and O–H groups in total. The van der Waals surface area contributed by atoms with Gasteiger partial charge in [-0.15, -0.1) is 0 Å². The maximum absolute atomic E-state index is 12.2. The largest absolute Gasteiger partial charge is 0.304 e. The molecule has 0 radical (unpaired) electrons. The van der Waals surface area contributed by atoms with Crippen molar-refractivity contribution in [2.24, 2.45) is 0 Å². The number of hydrogen-bond donors (Lipinski definition) is 0. The van der Waals surface area contributed by atoms with Gasteiger partial charge >= 0.3 is 0 Å². The van der Waals surface area contributed by atoms with Crippen LogP contribution >= 0.6 is 0 Å². The van der Waals surface area contributed by atoms with Crippen molar-refractivity contribution in [3.63, 3.8) is 0 Å². The molecular formula is C11H18N2O2S. The molecule has 1 aliphatic heterocycles. The van der Waals surface area contributed by atoms with Crippen LogP contribution in [0.1, 0.15) is 12.8 Å².